The molecule has 0 saturated heterocycles. The number of hydrogen-bond donors (Lipinski definition) is 1. The largest absolute Gasteiger partial charge is 0.477 e. The van der Waals surface area contributed by atoms with E-state index in [9.17, 15) is 19.5 Å². The van der Waals surface area contributed by atoms with Crippen molar-refractivity contribution in [2.75, 3.05) is 41.0 Å². The zero-order chi connectivity index (χ0) is 23.0. The normalized spacial score (nSPS) is 13.5. The van der Waals surface area contributed by atoms with Crippen LogP contribution in [0.1, 0.15) is 71.6 Å². The molecule has 0 aromatic rings. The Hall–Kier alpha value is -1.67. The molecular formula is C22H42NO7+. The average Bonchev–Trinajstić information content (AvgIpc) is 2.66. The smallest absolute Gasteiger partial charge is 0.362 e. The maximum Gasteiger partial charge on any atom is 0.362 e. The van der Waals surface area contributed by atoms with Crippen molar-refractivity contribution in [3.63, 3.8) is 0 Å². The molecule has 0 saturated carbocycles. The van der Waals surface area contributed by atoms with Gasteiger partial charge in [-0.3, -0.25) is 9.59 Å². The van der Waals surface area contributed by atoms with Crippen molar-refractivity contribution in [2.45, 2.75) is 83.8 Å². The monoisotopic (exact) mass is 432 g/mol. The standard InChI is InChI=1S/C22H41NO7/c1-6-8-9-10-11-12-13-21(25)30-18(17-29-20(24)7-2)16-28-15-14-19(22(26)27)23(3,4)5/h18-19H,6-17H2,1-5H3/p+1. The summed E-state index contributed by atoms with van der Waals surface area (Å²) in [5.41, 5.74) is 0. The lowest BCUT2D eigenvalue weighted by molar-refractivity contribution is -0.887. The van der Waals surface area contributed by atoms with Crippen LogP contribution in [0.25, 0.3) is 0 Å². The van der Waals surface area contributed by atoms with E-state index in [2.05, 4.69) is 6.92 Å². The van der Waals surface area contributed by atoms with E-state index in [1.165, 1.54) is 19.3 Å². The molecule has 0 aromatic heterocycles. The van der Waals surface area contributed by atoms with Crippen molar-refractivity contribution in [1.82, 2.24) is 0 Å². The van der Waals surface area contributed by atoms with Gasteiger partial charge in [-0.15, -0.1) is 0 Å². The molecule has 8 nitrogen and oxygen atoms in total. The summed E-state index contributed by atoms with van der Waals surface area (Å²) < 4.78 is 16.4. The topological polar surface area (TPSA) is 99.1 Å². The third-order valence-corrected chi connectivity index (χ3v) is 4.81. The number of carbonyl (C=O) groups excluding carboxylic acids is 2. The van der Waals surface area contributed by atoms with Gasteiger partial charge in [0.05, 0.1) is 34.4 Å². The van der Waals surface area contributed by atoms with E-state index < -0.39 is 18.1 Å². The van der Waals surface area contributed by atoms with Crippen LogP contribution in [-0.2, 0) is 28.6 Å². The van der Waals surface area contributed by atoms with E-state index in [-0.39, 0.29) is 42.7 Å². The second-order valence-corrected chi connectivity index (χ2v) is 8.50. The number of carboxylic acids is 1. The van der Waals surface area contributed by atoms with Crippen molar-refractivity contribution in [3.8, 4) is 0 Å². The van der Waals surface area contributed by atoms with Gasteiger partial charge in [-0.2, -0.15) is 0 Å². The molecule has 1 N–H and O–H groups in total. The van der Waals surface area contributed by atoms with Crippen LogP contribution in [0, 0.1) is 0 Å². The Balaban J connectivity index is 4.44. The maximum atomic E-state index is 12.1. The van der Waals surface area contributed by atoms with Crippen molar-refractivity contribution < 1.29 is 38.2 Å². The van der Waals surface area contributed by atoms with Crippen LogP contribution in [0.5, 0.6) is 0 Å². The third kappa shape index (κ3) is 14.3. The van der Waals surface area contributed by atoms with Crippen LogP contribution >= 0.6 is 0 Å². The van der Waals surface area contributed by atoms with Crippen molar-refractivity contribution in [2.24, 2.45) is 0 Å². The predicted octanol–water partition coefficient (Wildman–Crippen LogP) is 3.17. The summed E-state index contributed by atoms with van der Waals surface area (Å²) in [6, 6.07) is -0.600. The van der Waals surface area contributed by atoms with Crippen LogP contribution in [0.4, 0.5) is 0 Å². The van der Waals surface area contributed by atoms with Gasteiger partial charge in [0.15, 0.2) is 12.1 Å². The lowest BCUT2D eigenvalue weighted by Crippen LogP contribution is -2.50. The molecule has 0 aliphatic carbocycles. The van der Waals surface area contributed by atoms with Crippen molar-refractivity contribution in [1.29, 1.82) is 0 Å². The highest BCUT2D eigenvalue weighted by Gasteiger charge is 2.31. The number of hydrogen-bond acceptors (Lipinski definition) is 6. The number of likely N-dealkylation sites (N-methyl/N-ethyl adjacent to an activating group) is 1. The SMILES string of the molecule is CCCCCCCCC(=O)OC(COCCC(C(=O)O)[N+](C)(C)C)COC(=O)CC. The molecule has 0 aliphatic rings. The molecule has 0 radical (unpaired) electrons. The number of unbranched alkanes of at least 4 members (excludes halogenated alkanes) is 5. The summed E-state index contributed by atoms with van der Waals surface area (Å²) in [5.74, 6) is -1.59. The van der Waals surface area contributed by atoms with E-state index >= 15 is 0 Å². The summed E-state index contributed by atoms with van der Waals surface area (Å²) >= 11 is 0. The fraction of sp³-hybridized carbons (Fsp3) is 0.864. The highest BCUT2D eigenvalue weighted by molar-refractivity contribution is 5.72. The van der Waals surface area contributed by atoms with Crippen LogP contribution in [-0.4, -0.2) is 80.6 Å². The van der Waals surface area contributed by atoms with Gasteiger partial charge in [0.1, 0.15) is 6.61 Å². The number of quaternary nitrogens is 1. The fourth-order valence-electron chi connectivity index (χ4n) is 2.95. The third-order valence-electron chi connectivity index (χ3n) is 4.81. The number of ether oxygens (including phenoxy) is 3. The first-order chi connectivity index (χ1) is 14.1. The van der Waals surface area contributed by atoms with Crippen LogP contribution in [0.2, 0.25) is 0 Å². The minimum Gasteiger partial charge on any atom is -0.477 e. The molecule has 0 aromatic carbocycles. The fourth-order valence-corrected chi connectivity index (χ4v) is 2.95. The molecule has 2 unspecified atom stereocenters. The molecule has 0 rings (SSSR count). The molecule has 176 valence electrons. The second kappa shape index (κ2) is 16.1. The minimum absolute atomic E-state index is 0.0583. The number of rotatable bonds is 18. The lowest BCUT2D eigenvalue weighted by Gasteiger charge is -2.31. The van der Waals surface area contributed by atoms with E-state index in [0.29, 0.717) is 12.8 Å². The number of carbonyl (C=O) groups is 3. The molecule has 0 amide bonds. The highest BCUT2D eigenvalue weighted by atomic mass is 16.6. The predicted molar refractivity (Wildman–Crippen MR) is 114 cm³/mol. The molecule has 0 bridgehead atoms. The number of esters is 2. The molecule has 30 heavy (non-hydrogen) atoms. The minimum atomic E-state index is -0.884. The number of aliphatic carboxylic acids is 1. The van der Waals surface area contributed by atoms with Gasteiger partial charge in [-0.05, 0) is 6.42 Å². The number of nitrogens with zero attached hydrogens (tertiary/aromatic N) is 1. The zero-order valence-electron chi connectivity index (χ0n) is 19.5. The average molecular weight is 433 g/mol. The van der Waals surface area contributed by atoms with Crippen LogP contribution in [0.3, 0.4) is 0 Å². The molecule has 0 spiro atoms. The summed E-state index contributed by atoms with van der Waals surface area (Å²) in [4.78, 5) is 35.0. The molecule has 0 heterocycles. The van der Waals surface area contributed by atoms with E-state index in [1.807, 2.05) is 21.1 Å². The molecule has 2 atom stereocenters. The quantitative estimate of drug-likeness (QED) is 0.202. The molecule has 8 heteroatoms. The summed E-state index contributed by atoms with van der Waals surface area (Å²) in [7, 11) is 5.45. The number of carboxylic acid groups (broad SMARTS) is 1. The van der Waals surface area contributed by atoms with Gasteiger partial charge in [0.25, 0.3) is 0 Å². The van der Waals surface area contributed by atoms with Gasteiger partial charge in [0.2, 0.25) is 0 Å². The zero-order valence-corrected chi connectivity index (χ0v) is 19.5. The first kappa shape index (κ1) is 28.3. The van der Waals surface area contributed by atoms with Crippen molar-refractivity contribution >= 4 is 17.9 Å². The lowest BCUT2D eigenvalue weighted by atomic mass is 10.1. The summed E-state index contributed by atoms with van der Waals surface area (Å²) in [6.45, 7) is 4.05. The summed E-state index contributed by atoms with van der Waals surface area (Å²) in [6.07, 6.45) is 6.64. The van der Waals surface area contributed by atoms with E-state index in [1.54, 1.807) is 6.92 Å². The molecule has 0 aliphatic heterocycles. The van der Waals surface area contributed by atoms with Gasteiger partial charge >= 0.3 is 17.9 Å². The Kier molecular flexibility index (Phi) is 15.2. The highest BCUT2D eigenvalue weighted by Crippen LogP contribution is 2.10. The van der Waals surface area contributed by atoms with E-state index in [0.717, 1.165) is 19.3 Å². The van der Waals surface area contributed by atoms with E-state index in [4.69, 9.17) is 14.2 Å². The first-order valence-electron chi connectivity index (χ1n) is 11.1. The van der Waals surface area contributed by atoms with Gasteiger partial charge in [0, 0.05) is 19.3 Å². The van der Waals surface area contributed by atoms with Crippen LogP contribution in [0.15, 0.2) is 0 Å². The molecule has 0 fully saturated rings. The Bertz CT molecular complexity index is 502. The Morgan fingerprint density at radius 2 is 1.53 bits per heavy atom. The Morgan fingerprint density at radius 1 is 0.900 bits per heavy atom. The Labute approximate surface area is 181 Å². The Morgan fingerprint density at radius 3 is 2.10 bits per heavy atom. The maximum absolute atomic E-state index is 12.1. The van der Waals surface area contributed by atoms with Gasteiger partial charge < -0.3 is 23.8 Å². The molecular weight excluding hydrogens is 390 g/mol. The van der Waals surface area contributed by atoms with Gasteiger partial charge in [-0.1, -0.05) is 46.0 Å². The van der Waals surface area contributed by atoms with Crippen molar-refractivity contribution in [3.05, 3.63) is 0 Å². The first-order valence-corrected chi connectivity index (χ1v) is 11.1. The second-order valence-electron chi connectivity index (χ2n) is 8.50. The van der Waals surface area contributed by atoms with Gasteiger partial charge in [-0.25, -0.2) is 4.79 Å². The van der Waals surface area contributed by atoms with Crippen LogP contribution < -0.4 is 0 Å². The summed E-state index contributed by atoms with van der Waals surface area (Å²) in [5, 5.41) is 9.36.